The Bertz CT molecular complexity index is 1180. The molecule has 31 heavy (non-hydrogen) atoms. The lowest BCUT2D eigenvalue weighted by atomic mass is 10.0. The van der Waals surface area contributed by atoms with Crippen molar-refractivity contribution in [2.24, 2.45) is 0 Å². The number of anilines is 2. The molecule has 5 rings (SSSR count). The first-order valence-electron chi connectivity index (χ1n) is 10.4. The zero-order chi connectivity index (χ0) is 21.8. The minimum Gasteiger partial charge on any atom is -0.304 e. The molecule has 2 heterocycles. The van der Waals surface area contributed by atoms with Gasteiger partial charge in [0.25, 0.3) is 5.91 Å². The topological polar surface area (TPSA) is 40.6 Å². The fourth-order valence-corrected chi connectivity index (χ4v) is 6.03. The molecule has 1 spiro atoms. The molecule has 1 atom stereocenters. The van der Waals surface area contributed by atoms with Crippen molar-refractivity contribution in [2.45, 2.75) is 32.2 Å². The number of fused-ring (bicyclic) bond motifs is 2. The average molecular weight is 429 g/mol. The standard InChI is InChI=1S/C26H24N2O2S/c1-17-8-10-20(11-9-17)15-27-23-7-5-4-6-22(23)26(25(27)30)28(24(29)16-31-26)21-13-18(2)12-19(3)14-21/h4-14H,15-16H2,1-3H3/t26-/m0/s1. The van der Waals surface area contributed by atoms with Crippen molar-refractivity contribution in [2.75, 3.05) is 15.6 Å². The van der Waals surface area contributed by atoms with Crippen molar-refractivity contribution in [3.05, 3.63) is 94.5 Å². The Labute approximate surface area is 186 Å². The van der Waals surface area contributed by atoms with Crippen LogP contribution >= 0.6 is 11.8 Å². The Kier molecular flexibility index (Phi) is 4.67. The van der Waals surface area contributed by atoms with Gasteiger partial charge in [0.1, 0.15) is 0 Å². The van der Waals surface area contributed by atoms with E-state index in [2.05, 4.69) is 37.3 Å². The molecular weight excluding hydrogens is 404 g/mol. The number of para-hydroxylation sites is 1. The van der Waals surface area contributed by atoms with Crippen LogP contribution in [0, 0.1) is 20.8 Å². The molecule has 3 aromatic rings. The predicted octanol–water partition coefficient (Wildman–Crippen LogP) is 5.09. The maximum atomic E-state index is 14.1. The van der Waals surface area contributed by atoms with E-state index >= 15 is 0 Å². The third-order valence-corrected chi connectivity index (χ3v) is 7.38. The van der Waals surface area contributed by atoms with Gasteiger partial charge in [0.05, 0.1) is 18.0 Å². The van der Waals surface area contributed by atoms with Gasteiger partial charge in [-0.1, -0.05) is 54.1 Å². The molecular formula is C26H24N2O2S. The lowest BCUT2D eigenvalue weighted by Gasteiger charge is -2.33. The molecule has 2 aliphatic heterocycles. The number of aryl methyl sites for hydroxylation is 3. The van der Waals surface area contributed by atoms with Gasteiger partial charge in [0, 0.05) is 11.3 Å². The molecule has 0 aliphatic carbocycles. The molecule has 3 aromatic carbocycles. The van der Waals surface area contributed by atoms with E-state index < -0.39 is 4.87 Å². The van der Waals surface area contributed by atoms with Crippen LogP contribution in [0.15, 0.2) is 66.7 Å². The van der Waals surface area contributed by atoms with Crippen molar-refractivity contribution in [3.63, 3.8) is 0 Å². The monoisotopic (exact) mass is 428 g/mol. The fraction of sp³-hybridized carbons (Fsp3) is 0.231. The van der Waals surface area contributed by atoms with E-state index in [1.807, 2.05) is 55.1 Å². The minimum atomic E-state index is -1.06. The van der Waals surface area contributed by atoms with Crippen LogP contribution in [0.3, 0.4) is 0 Å². The number of nitrogens with zero attached hydrogens (tertiary/aromatic N) is 2. The molecule has 0 N–H and O–H groups in total. The van der Waals surface area contributed by atoms with Gasteiger partial charge in [0.15, 0.2) is 0 Å². The van der Waals surface area contributed by atoms with Gasteiger partial charge in [-0.05, 0) is 55.7 Å². The van der Waals surface area contributed by atoms with E-state index in [0.717, 1.165) is 33.6 Å². The van der Waals surface area contributed by atoms with E-state index in [4.69, 9.17) is 0 Å². The quantitative estimate of drug-likeness (QED) is 0.583. The summed E-state index contributed by atoms with van der Waals surface area (Å²) in [6.07, 6.45) is 0. The highest BCUT2D eigenvalue weighted by molar-refractivity contribution is 8.02. The zero-order valence-electron chi connectivity index (χ0n) is 17.9. The molecule has 156 valence electrons. The number of benzene rings is 3. The van der Waals surface area contributed by atoms with Crippen LogP contribution in [0.1, 0.15) is 27.8 Å². The molecule has 0 unspecified atom stereocenters. The SMILES string of the molecule is Cc1ccc(CN2C(=O)[C@@]3(SCC(=O)N3c3cc(C)cc(C)c3)c3ccccc32)cc1. The normalized spacial score (nSPS) is 20.1. The molecule has 2 aliphatic rings. The third-order valence-electron chi connectivity index (χ3n) is 5.99. The maximum Gasteiger partial charge on any atom is 0.269 e. The maximum absolute atomic E-state index is 14.1. The zero-order valence-corrected chi connectivity index (χ0v) is 18.7. The van der Waals surface area contributed by atoms with Crippen molar-refractivity contribution < 1.29 is 9.59 Å². The summed E-state index contributed by atoms with van der Waals surface area (Å²) >= 11 is 1.43. The summed E-state index contributed by atoms with van der Waals surface area (Å²) < 4.78 is 0. The summed E-state index contributed by atoms with van der Waals surface area (Å²) in [5.41, 5.74) is 6.96. The highest BCUT2D eigenvalue weighted by atomic mass is 32.2. The molecule has 0 saturated carbocycles. The first-order chi connectivity index (χ1) is 14.9. The largest absolute Gasteiger partial charge is 0.304 e. The van der Waals surface area contributed by atoms with Crippen molar-refractivity contribution >= 4 is 35.0 Å². The first-order valence-corrected chi connectivity index (χ1v) is 11.4. The van der Waals surface area contributed by atoms with E-state index in [-0.39, 0.29) is 17.6 Å². The van der Waals surface area contributed by atoms with Crippen LogP contribution in [0.25, 0.3) is 0 Å². The van der Waals surface area contributed by atoms with E-state index in [0.29, 0.717) is 6.54 Å². The minimum absolute atomic E-state index is 0.0321. The molecule has 1 saturated heterocycles. The summed E-state index contributed by atoms with van der Waals surface area (Å²) in [4.78, 5) is 29.7. The van der Waals surface area contributed by atoms with E-state index in [9.17, 15) is 9.59 Å². The molecule has 0 bridgehead atoms. The lowest BCUT2D eigenvalue weighted by molar-refractivity contribution is -0.123. The number of hydrogen-bond acceptors (Lipinski definition) is 3. The van der Waals surface area contributed by atoms with Crippen LogP contribution in [0.2, 0.25) is 0 Å². The second-order valence-electron chi connectivity index (χ2n) is 8.40. The van der Waals surface area contributed by atoms with Gasteiger partial charge < -0.3 is 4.90 Å². The Morgan fingerprint density at radius 2 is 1.55 bits per heavy atom. The molecule has 5 heteroatoms. The molecule has 1 fully saturated rings. The Morgan fingerprint density at radius 3 is 2.26 bits per heavy atom. The Balaban J connectivity index is 1.65. The number of carbonyl (C=O) groups excluding carboxylic acids is 2. The number of thioether (sulfide) groups is 1. The second kappa shape index (κ2) is 7.27. The van der Waals surface area contributed by atoms with Gasteiger partial charge in [-0.2, -0.15) is 0 Å². The van der Waals surface area contributed by atoms with Crippen LogP contribution in [0.5, 0.6) is 0 Å². The van der Waals surface area contributed by atoms with E-state index in [1.54, 1.807) is 4.90 Å². The average Bonchev–Trinajstić information content (AvgIpc) is 3.20. The predicted molar refractivity (Wildman–Crippen MR) is 126 cm³/mol. The number of rotatable bonds is 3. The smallest absolute Gasteiger partial charge is 0.269 e. The number of amides is 2. The third kappa shape index (κ3) is 3.07. The summed E-state index contributed by atoms with van der Waals surface area (Å²) in [5, 5.41) is 0. The first kappa shape index (κ1) is 19.9. The van der Waals surface area contributed by atoms with Gasteiger partial charge in [0.2, 0.25) is 10.8 Å². The summed E-state index contributed by atoms with van der Waals surface area (Å²) in [6.45, 7) is 6.57. The molecule has 2 amide bonds. The molecule has 0 aromatic heterocycles. The van der Waals surface area contributed by atoms with Crippen LogP contribution in [-0.2, 0) is 21.0 Å². The lowest BCUT2D eigenvalue weighted by Crippen LogP contribution is -2.49. The molecule has 4 nitrogen and oxygen atoms in total. The van der Waals surface area contributed by atoms with E-state index in [1.165, 1.54) is 17.3 Å². The Hall–Kier alpha value is -3.05. The molecule has 0 radical (unpaired) electrons. The van der Waals surface area contributed by atoms with Gasteiger partial charge >= 0.3 is 0 Å². The summed E-state index contributed by atoms with van der Waals surface area (Å²) in [6, 6.07) is 22.2. The van der Waals surface area contributed by atoms with Crippen molar-refractivity contribution in [1.82, 2.24) is 0 Å². The summed E-state index contributed by atoms with van der Waals surface area (Å²) in [7, 11) is 0. The highest BCUT2D eigenvalue weighted by Crippen LogP contribution is 2.56. The van der Waals surface area contributed by atoms with Crippen molar-refractivity contribution in [3.8, 4) is 0 Å². The Morgan fingerprint density at radius 1 is 0.871 bits per heavy atom. The van der Waals surface area contributed by atoms with Crippen LogP contribution in [-0.4, -0.2) is 17.6 Å². The highest BCUT2D eigenvalue weighted by Gasteiger charge is 2.60. The summed E-state index contributed by atoms with van der Waals surface area (Å²) in [5.74, 6) is 0.199. The number of carbonyl (C=O) groups is 2. The van der Waals surface area contributed by atoms with Gasteiger partial charge in [-0.25, -0.2) is 0 Å². The number of hydrogen-bond donors (Lipinski definition) is 0. The fourth-order valence-electron chi connectivity index (χ4n) is 4.67. The van der Waals surface area contributed by atoms with Gasteiger partial charge in [-0.15, -0.1) is 11.8 Å². The van der Waals surface area contributed by atoms with Crippen molar-refractivity contribution in [1.29, 1.82) is 0 Å². The van der Waals surface area contributed by atoms with Crippen LogP contribution < -0.4 is 9.80 Å². The second-order valence-corrected chi connectivity index (χ2v) is 9.57. The van der Waals surface area contributed by atoms with Crippen LogP contribution in [0.4, 0.5) is 11.4 Å². The van der Waals surface area contributed by atoms with Gasteiger partial charge in [-0.3, -0.25) is 14.5 Å².